The van der Waals surface area contributed by atoms with Gasteiger partial charge in [-0.3, -0.25) is 0 Å². The Hall–Kier alpha value is -1.91. The largest absolute Gasteiger partial charge is 0.497 e. The van der Waals surface area contributed by atoms with Gasteiger partial charge < -0.3 is 14.6 Å². The van der Waals surface area contributed by atoms with Crippen LogP contribution in [0.4, 0.5) is 0 Å². The number of methoxy groups -OCH3 is 1. The van der Waals surface area contributed by atoms with E-state index in [9.17, 15) is 9.90 Å². The molecule has 0 fully saturated rings. The van der Waals surface area contributed by atoms with Gasteiger partial charge in [0.1, 0.15) is 11.5 Å². The van der Waals surface area contributed by atoms with Crippen LogP contribution in [0.1, 0.15) is 5.56 Å². The number of hydrogen-bond donors (Lipinski definition) is 1. The molecule has 1 atom stereocenters. The molecule has 0 radical (unpaired) electrons. The molecule has 2 aromatic rings. The third-order valence-electron chi connectivity index (χ3n) is 3.03. The zero-order valence-electron chi connectivity index (χ0n) is 11.8. The molecule has 0 spiro atoms. The summed E-state index contributed by atoms with van der Waals surface area (Å²) in [6.45, 7) is 0. The number of ether oxygens (including phenoxy) is 2. The third-order valence-corrected chi connectivity index (χ3v) is 3.62. The highest BCUT2D eigenvalue weighted by atomic mass is 35.5. The van der Waals surface area contributed by atoms with E-state index < -0.39 is 12.1 Å². The van der Waals surface area contributed by atoms with Crippen LogP contribution in [0, 0.1) is 0 Å². The van der Waals surface area contributed by atoms with E-state index in [-0.39, 0.29) is 6.42 Å². The van der Waals surface area contributed by atoms with Crippen molar-refractivity contribution in [3.8, 4) is 11.5 Å². The molecular formula is C16H14Cl2O4. The van der Waals surface area contributed by atoms with Crippen LogP contribution in [-0.2, 0) is 11.2 Å². The fraction of sp³-hybridized carbons (Fsp3) is 0.188. The summed E-state index contributed by atoms with van der Waals surface area (Å²) in [5, 5.41) is 10.2. The van der Waals surface area contributed by atoms with E-state index in [4.69, 9.17) is 32.7 Å². The molecule has 0 aliphatic carbocycles. The highest BCUT2D eigenvalue weighted by molar-refractivity contribution is 6.35. The number of carboxylic acids is 1. The Morgan fingerprint density at radius 3 is 2.32 bits per heavy atom. The van der Waals surface area contributed by atoms with Gasteiger partial charge in [-0.15, -0.1) is 0 Å². The first kappa shape index (κ1) is 16.5. The summed E-state index contributed by atoms with van der Waals surface area (Å²) < 4.78 is 10.6. The Morgan fingerprint density at radius 1 is 1.14 bits per heavy atom. The topological polar surface area (TPSA) is 55.8 Å². The van der Waals surface area contributed by atoms with Crippen molar-refractivity contribution in [1.29, 1.82) is 0 Å². The van der Waals surface area contributed by atoms with Crippen LogP contribution >= 0.6 is 23.2 Å². The second-order valence-corrected chi connectivity index (χ2v) is 5.40. The predicted octanol–water partition coefficient (Wildman–Crippen LogP) is 4.08. The zero-order chi connectivity index (χ0) is 16.1. The highest BCUT2D eigenvalue weighted by Crippen LogP contribution is 2.24. The van der Waals surface area contributed by atoms with Crippen LogP contribution in [0.15, 0.2) is 42.5 Å². The van der Waals surface area contributed by atoms with Crippen LogP contribution in [0.3, 0.4) is 0 Å². The van der Waals surface area contributed by atoms with Crippen molar-refractivity contribution in [2.75, 3.05) is 7.11 Å². The molecule has 0 heterocycles. The van der Waals surface area contributed by atoms with Crippen LogP contribution in [0.2, 0.25) is 10.0 Å². The summed E-state index contributed by atoms with van der Waals surface area (Å²) in [5.41, 5.74) is 0.659. The lowest BCUT2D eigenvalue weighted by atomic mass is 10.1. The van der Waals surface area contributed by atoms with Crippen molar-refractivity contribution < 1.29 is 19.4 Å². The number of benzene rings is 2. The molecule has 1 N–H and O–H groups in total. The van der Waals surface area contributed by atoms with Gasteiger partial charge in [0.25, 0.3) is 0 Å². The standard InChI is InChI=1S/C16H14Cl2O4/c1-21-12-4-6-13(7-5-12)22-15(16(19)20)8-10-2-3-11(17)9-14(10)18/h2-7,9,15H,8H2,1H3,(H,19,20)/t15-/m0/s1. The number of hydrogen-bond acceptors (Lipinski definition) is 3. The molecule has 0 aliphatic heterocycles. The monoisotopic (exact) mass is 340 g/mol. The Bertz CT molecular complexity index is 656. The first-order valence-corrected chi connectivity index (χ1v) is 7.22. The lowest BCUT2D eigenvalue weighted by Crippen LogP contribution is -2.29. The van der Waals surface area contributed by atoms with Crippen molar-refractivity contribution in [3.63, 3.8) is 0 Å². The Labute approximate surface area is 138 Å². The van der Waals surface area contributed by atoms with Crippen LogP contribution < -0.4 is 9.47 Å². The quantitative estimate of drug-likeness (QED) is 0.860. The lowest BCUT2D eigenvalue weighted by Gasteiger charge is -2.16. The molecule has 4 nitrogen and oxygen atoms in total. The average Bonchev–Trinajstić information content (AvgIpc) is 2.49. The second-order valence-electron chi connectivity index (χ2n) is 4.56. The minimum atomic E-state index is -1.07. The average molecular weight is 341 g/mol. The number of halogens is 2. The van der Waals surface area contributed by atoms with Gasteiger partial charge in [-0.05, 0) is 42.0 Å². The molecule has 0 saturated heterocycles. The molecule has 2 rings (SSSR count). The third kappa shape index (κ3) is 4.29. The van der Waals surface area contributed by atoms with Gasteiger partial charge in [-0.1, -0.05) is 29.3 Å². The summed E-state index contributed by atoms with van der Waals surface area (Å²) in [4.78, 5) is 11.4. The van der Waals surface area contributed by atoms with Gasteiger partial charge >= 0.3 is 5.97 Å². The Balaban J connectivity index is 2.14. The van der Waals surface area contributed by atoms with E-state index in [0.717, 1.165) is 0 Å². The van der Waals surface area contributed by atoms with Gasteiger partial charge in [0.05, 0.1) is 7.11 Å². The molecular weight excluding hydrogens is 327 g/mol. The fourth-order valence-corrected chi connectivity index (χ4v) is 2.37. The van der Waals surface area contributed by atoms with Crippen LogP contribution in [0.5, 0.6) is 11.5 Å². The fourth-order valence-electron chi connectivity index (χ4n) is 1.88. The van der Waals surface area contributed by atoms with Crippen molar-refractivity contribution in [1.82, 2.24) is 0 Å². The highest BCUT2D eigenvalue weighted by Gasteiger charge is 2.21. The van der Waals surface area contributed by atoms with Crippen molar-refractivity contribution in [3.05, 3.63) is 58.1 Å². The summed E-state index contributed by atoms with van der Waals surface area (Å²) in [6.07, 6.45) is -0.913. The zero-order valence-corrected chi connectivity index (χ0v) is 13.3. The summed E-state index contributed by atoms with van der Waals surface area (Å²) in [6, 6.07) is 11.6. The van der Waals surface area contributed by atoms with E-state index in [1.165, 1.54) is 0 Å². The number of carbonyl (C=O) groups is 1. The predicted molar refractivity (Wildman–Crippen MR) is 85.2 cm³/mol. The molecule has 0 aromatic heterocycles. The molecule has 2 aromatic carbocycles. The maximum atomic E-state index is 11.4. The van der Waals surface area contributed by atoms with Gasteiger partial charge in [0.15, 0.2) is 6.10 Å². The maximum Gasteiger partial charge on any atom is 0.345 e. The minimum absolute atomic E-state index is 0.136. The second kappa shape index (κ2) is 7.38. The first-order chi connectivity index (χ1) is 10.5. The molecule has 116 valence electrons. The van der Waals surface area contributed by atoms with E-state index >= 15 is 0 Å². The van der Waals surface area contributed by atoms with E-state index in [1.807, 2.05) is 0 Å². The molecule has 0 aliphatic rings. The van der Waals surface area contributed by atoms with Crippen molar-refractivity contribution in [2.45, 2.75) is 12.5 Å². The van der Waals surface area contributed by atoms with Gasteiger partial charge in [0, 0.05) is 16.5 Å². The summed E-state index contributed by atoms with van der Waals surface area (Å²) >= 11 is 11.9. The van der Waals surface area contributed by atoms with Crippen LogP contribution in [-0.4, -0.2) is 24.3 Å². The normalized spacial score (nSPS) is 11.8. The molecule has 0 saturated carbocycles. The van der Waals surface area contributed by atoms with E-state index in [0.29, 0.717) is 27.1 Å². The first-order valence-electron chi connectivity index (χ1n) is 6.47. The molecule has 0 unspecified atom stereocenters. The maximum absolute atomic E-state index is 11.4. The summed E-state index contributed by atoms with van der Waals surface area (Å²) in [5.74, 6) is 0.0418. The minimum Gasteiger partial charge on any atom is -0.497 e. The van der Waals surface area contributed by atoms with E-state index in [2.05, 4.69) is 0 Å². The van der Waals surface area contributed by atoms with Gasteiger partial charge in [-0.25, -0.2) is 4.79 Å². The number of rotatable bonds is 6. The molecule has 6 heteroatoms. The summed E-state index contributed by atoms with van der Waals surface area (Å²) in [7, 11) is 1.55. The lowest BCUT2D eigenvalue weighted by molar-refractivity contribution is -0.145. The Kier molecular flexibility index (Phi) is 5.52. The smallest absolute Gasteiger partial charge is 0.345 e. The molecule has 22 heavy (non-hydrogen) atoms. The number of carboxylic acid groups (broad SMARTS) is 1. The van der Waals surface area contributed by atoms with Crippen molar-refractivity contribution >= 4 is 29.2 Å². The van der Waals surface area contributed by atoms with Gasteiger partial charge in [0.2, 0.25) is 0 Å². The molecule has 0 amide bonds. The molecule has 0 bridgehead atoms. The Morgan fingerprint density at radius 2 is 1.77 bits per heavy atom. The van der Waals surface area contributed by atoms with E-state index in [1.54, 1.807) is 49.6 Å². The van der Waals surface area contributed by atoms with Gasteiger partial charge in [-0.2, -0.15) is 0 Å². The van der Waals surface area contributed by atoms with Crippen LogP contribution in [0.25, 0.3) is 0 Å². The SMILES string of the molecule is COc1ccc(O[C@@H](Cc2ccc(Cl)cc2Cl)C(=O)O)cc1. The number of aliphatic carboxylic acids is 1. The van der Waals surface area contributed by atoms with Crippen molar-refractivity contribution in [2.24, 2.45) is 0 Å².